The summed E-state index contributed by atoms with van der Waals surface area (Å²) in [6, 6.07) is 13.6. The number of ether oxygens (including phenoxy) is 3. The second-order valence-electron chi connectivity index (χ2n) is 9.65. The van der Waals surface area contributed by atoms with Crippen LogP contribution < -0.4 is 19.5 Å². The summed E-state index contributed by atoms with van der Waals surface area (Å²) in [6.07, 6.45) is 5.51. The maximum absolute atomic E-state index is 13.1. The van der Waals surface area contributed by atoms with Gasteiger partial charge >= 0.3 is 0 Å². The van der Waals surface area contributed by atoms with Crippen LogP contribution in [0.25, 0.3) is 0 Å². The molecule has 2 aromatic carbocycles. The molecule has 0 radical (unpaired) electrons. The lowest BCUT2D eigenvalue weighted by molar-refractivity contribution is -0.135. The van der Waals surface area contributed by atoms with Crippen molar-refractivity contribution in [2.24, 2.45) is 5.92 Å². The van der Waals surface area contributed by atoms with Gasteiger partial charge in [0.05, 0.1) is 32.5 Å². The number of aliphatic hydroxyl groups is 1. The second-order valence-corrected chi connectivity index (χ2v) is 9.65. The Labute approximate surface area is 201 Å². The topological polar surface area (TPSA) is 80.3 Å². The molecule has 182 valence electrons. The molecule has 1 saturated carbocycles. The zero-order chi connectivity index (χ0) is 23.5. The molecule has 3 aliphatic rings. The number of rotatable bonds is 5. The van der Waals surface area contributed by atoms with Gasteiger partial charge in [-0.2, -0.15) is 0 Å². The highest BCUT2D eigenvalue weighted by molar-refractivity contribution is 5.92. The number of amides is 1. The second kappa shape index (κ2) is 9.84. The van der Waals surface area contributed by atoms with Crippen LogP contribution in [0.15, 0.2) is 42.5 Å². The molecule has 1 saturated heterocycles. The third-order valence-corrected chi connectivity index (χ3v) is 7.51. The lowest BCUT2D eigenvalue weighted by Gasteiger charge is -2.52. The highest BCUT2D eigenvalue weighted by Gasteiger charge is 2.49. The summed E-state index contributed by atoms with van der Waals surface area (Å²) < 4.78 is 16.8. The molecule has 2 heterocycles. The fourth-order valence-electron chi connectivity index (χ4n) is 5.79. The van der Waals surface area contributed by atoms with Crippen molar-refractivity contribution in [3.63, 3.8) is 0 Å². The van der Waals surface area contributed by atoms with Crippen molar-refractivity contribution < 1.29 is 24.1 Å². The van der Waals surface area contributed by atoms with Crippen LogP contribution in [-0.4, -0.2) is 54.9 Å². The standard InChI is InChI=1S/C27H34N2O5/c1-32-21-9-6-19(7-10-21)26-22-5-2-3-12-27(22,31)13-14-29(26)18-25(30)28-20-8-11-23-24(17-20)34-16-4-15-33-23/h6-11,17,22,26,31H,2-5,12-16,18H2,1H3,(H,28,30)/t22-,26-,27-/m1/s1. The zero-order valence-corrected chi connectivity index (χ0v) is 19.8. The number of benzene rings is 2. The number of fused-ring (bicyclic) bond motifs is 2. The first kappa shape index (κ1) is 23.0. The van der Waals surface area contributed by atoms with Gasteiger partial charge in [0.2, 0.25) is 5.91 Å². The first-order valence-electron chi connectivity index (χ1n) is 12.4. The van der Waals surface area contributed by atoms with E-state index in [1.165, 1.54) is 0 Å². The average molecular weight is 467 g/mol. The first-order chi connectivity index (χ1) is 16.6. The minimum Gasteiger partial charge on any atom is -0.497 e. The number of anilines is 1. The van der Waals surface area contributed by atoms with Crippen LogP contribution in [-0.2, 0) is 4.79 Å². The monoisotopic (exact) mass is 466 g/mol. The quantitative estimate of drug-likeness (QED) is 0.689. The largest absolute Gasteiger partial charge is 0.497 e. The fourth-order valence-corrected chi connectivity index (χ4v) is 5.79. The van der Waals surface area contributed by atoms with E-state index >= 15 is 0 Å². The fraction of sp³-hybridized carbons (Fsp3) is 0.519. The first-order valence-corrected chi connectivity index (χ1v) is 12.4. The molecule has 0 bridgehead atoms. The molecule has 3 atom stereocenters. The summed E-state index contributed by atoms with van der Waals surface area (Å²) in [4.78, 5) is 15.4. The minimum absolute atomic E-state index is 0.0144. The number of carbonyl (C=O) groups is 1. The predicted molar refractivity (Wildman–Crippen MR) is 130 cm³/mol. The molecule has 2 N–H and O–H groups in total. The summed E-state index contributed by atoms with van der Waals surface area (Å²) in [7, 11) is 1.66. The Morgan fingerprint density at radius 3 is 2.68 bits per heavy atom. The number of likely N-dealkylation sites (tertiary alicyclic amines) is 1. The van der Waals surface area contributed by atoms with Crippen LogP contribution in [0.1, 0.15) is 50.1 Å². The van der Waals surface area contributed by atoms with Crippen molar-refractivity contribution in [3.05, 3.63) is 48.0 Å². The van der Waals surface area contributed by atoms with E-state index in [-0.39, 0.29) is 24.4 Å². The molecule has 2 aliphatic heterocycles. The smallest absolute Gasteiger partial charge is 0.238 e. The van der Waals surface area contributed by atoms with E-state index in [0.29, 0.717) is 43.4 Å². The molecule has 0 unspecified atom stereocenters. The molecule has 2 aromatic rings. The summed E-state index contributed by atoms with van der Waals surface area (Å²) >= 11 is 0. The van der Waals surface area contributed by atoms with Crippen LogP contribution in [0.3, 0.4) is 0 Å². The molecule has 7 nitrogen and oxygen atoms in total. The van der Waals surface area contributed by atoms with Gasteiger partial charge in [0.25, 0.3) is 0 Å². The summed E-state index contributed by atoms with van der Waals surface area (Å²) in [5.41, 5.74) is 1.15. The van der Waals surface area contributed by atoms with Gasteiger partial charge in [-0.05, 0) is 49.1 Å². The van der Waals surface area contributed by atoms with E-state index in [1.807, 2.05) is 30.3 Å². The van der Waals surface area contributed by atoms with Crippen molar-refractivity contribution in [2.45, 2.75) is 50.2 Å². The Balaban J connectivity index is 1.34. The molecule has 34 heavy (non-hydrogen) atoms. The number of hydrogen-bond acceptors (Lipinski definition) is 6. The molecule has 5 rings (SSSR count). The molecule has 1 aliphatic carbocycles. The highest BCUT2D eigenvalue weighted by Crippen LogP contribution is 2.49. The average Bonchev–Trinajstić information content (AvgIpc) is 3.09. The SMILES string of the molecule is COc1ccc([C@@H]2[C@H]3CCCC[C@@]3(O)CCN2CC(=O)Nc2ccc3c(c2)OCCCO3)cc1. The Kier molecular flexibility index (Phi) is 6.66. The lowest BCUT2D eigenvalue weighted by Crippen LogP contribution is -2.56. The maximum Gasteiger partial charge on any atom is 0.238 e. The van der Waals surface area contributed by atoms with Crippen LogP contribution in [0.5, 0.6) is 17.2 Å². The Morgan fingerprint density at radius 1 is 1.09 bits per heavy atom. The number of methoxy groups -OCH3 is 1. The van der Waals surface area contributed by atoms with Crippen molar-refractivity contribution in [2.75, 3.05) is 38.7 Å². The molecule has 7 heteroatoms. The van der Waals surface area contributed by atoms with E-state index in [4.69, 9.17) is 14.2 Å². The molecular formula is C27H34N2O5. The normalized spacial score (nSPS) is 26.8. The maximum atomic E-state index is 13.1. The van der Waals surface area contributed by atoms with E-state index < -0.39 is 5.60 Å². The predicted octanol–water partition coefficient (Wildman–Crippen LogP) is 4.16. The van der Waals surface area contributed by atoms with Gasteiger partial charge in [-0.15, -0.1) is 0 Å². The van der Waals surface area contributed by atoms with Crippen LogP contribution in [0.2, 0.25) is 0 Å². The van der Waals surface area contributed by atoms with Crippen molar-refractivity contribution in [1.82, 2.24) is 4.90 Å². The van der Waals surface area contributed by atoms with E-state index in [1.54, 1.807) is 7.11 Å². The number of nitrogens with one attached hydrogen (secondary N) is 1. The Hall–Kier alpha value is -2.77. The molecule has 0 aromatic heterocycles. The molecular weight excluding hydrogens is 432 g/mol. The van der Waals surface area contributed by atoms with Crippen molar-refractivity contribution >= 4 is 11.6 Å². The third-order valence-electron chi connectivity index (χ3n) is 7.51. The van der Waals surface area contributed by atoms with Crippen LogP contribution in [0.4, 0.5) is 5.69 Å². The van der Waals surface area contributed by atoms with Gasteiger partial charge < -0.3 is 24.6 Å². The van der Waals surface area contributed by atoms with Gasteiger partial charge in [0.1, 0.15) is 5.75 Å². The van der Waals surface area contributed by atoms with Crippen molar-refractivity contribution in [1.29, 1.82) is 0 Å². The zero-order valence-electron chi connectivity index (χ0n) is 19.8. The highest BCUT2D eigenvalue weighted by atomic mass is 16.5. The third kappa shape index (κ3) is 4.72. The number of hydrogen-bond donors (Lipinski definition) is 2. The van der Waals surface area contributed by atoms with E-state index in [2.05, 4.69) is 22.3 Å². The van der Waals surface area contributed by atoms with Gasteiger partial charge in [0.15, 0.2) is 11.5 Å². The summed E-state index contributed by atoms with van der Waals surface area (Å²) in [5, 5.41) is 14.5. The van der Waals surface area contributed by atoms with Crippen LogP contribution in [0, 0.1) is 5.92 Å². The van der Waals surface area contributed by atoms with Crippen LogP contribution >= 0.6 is 0 Å². The van der Waals surface area contributed by atoms with E-state index in [0.717, 1.165) is 43.4 Å². The summed E-state index contributed by atoms with van der Waals surface area (Å²) in [5.74, 6) is 2.21. The van der Waals surface area contributed by atoms with Crippen molar-refractivity contribution in [3.8, 4) is 17.2 Å². The molecule has 1 amide bonds. The molecule has 0 spiro atoms. The summed E-state index contributed by atoms with van der Waals surface area (Å²) in [6.45, 7) is 2.18. The number of nitrogens with zero attached hydrogens (tertiary/aromatic N) is 1. The number of carbonyl (C=O) groups excluding carboxylic acids is 1. The van der Waals surface area contributed by atoms with Gasteiger partial charge in [0, 0.05) is 36.7 Å². The van der Waals surface area contributed by atoms with Gasteiger partial charge in [-0.25, -0.2) is 0 Å². The Bertz CT molecular complexity index is 1010. The van der Waals surface area contributed by atoms with Gasteiger partial charge in [-0.1, -0.05) is 25.0 Å². The number of piperidine rings is 1. The Morgan fingerprint density at radius 2 is 1.88 bits per heavy atom. The lowest BCUT2D eigenvalue weighted by atomic mass is 9.66. The van der Waals surface area contributed by atoms with Gasteiger partial charge in [-0.3, -0.25) is 9.69 Å². The molecule has 2 fully saturated rings. The van der Waals surface area contributed by atoms with E-state index in [9.17, 15) is 9.90 Å². The minimum atomic E-state index is -0.663.